The van der Waals surface area contributed by atoms with Gasteiger partial charge in [0.05, 0.1) is 5.92 Å². The first kappa shape index (κ1) is 13.1. The van der Waals surface area contributed by atoms with Crippen molar-refractivity contribution in [1.82, 2.24) is 0 Å². The van der Waals surface area contributed by atoms with Crippen molar-refractivity contribution in [2.75, 3.05) is 5.32 Å². The molecule has 5 N–H and O–H groups in total. The summed E-state index contributed by atoms with van der Waals surface area (Å²) in [6.45, 7) is 0. The van der Waals surface area contributed by atoms with Crippen LogP contribution in [0.2, 0.25) is 0 Å². The van der Waals surface area contributed by atoms with Crippen molar-refractivity contribution in [1.29, 1.82) is 0 Å². The summed E-state index contributed by atoms with van der Waals surface area (Å²) in [5, 5.41) is 2.89. The SMILES string of the molecule is NC(=O)c1ccc(NC(=O)C2C3CCC(C3)C2N)cc1. The summed E-state index contributed by atoms with van der Waals surface area (Å²) < 4.78 is 0. The van der Waals surface area contributed by atoms with Gasteiger partial charge in [0.2, 0.25) is 11.8 Å². The molecule has 0 spiro atoms. The molecule has 0 aliphatic heterocycles. The third kappa shape index (κ3) is 2.18. The molecule has 2 bridgehead atoms. The van der Waals surface area contributed by atoms with Crippen molar-refractivity contribution < 1.29 is 9.59 Å². The number of benzene rings is 1. The van der Waals surface area contributed by atoms with E-state index in [9.17, 15) is 9.59 Å². The Morgan fingerprint density at radius 3 is 2.30 bits per heavy atom. The van der Waals surface area contributed by atoms with E-state index in [0.717, 1.165) is 19.3 Å². The van der Waals surface area contributed by atoms with Crippen LogP contribution in [0.3, 0.4) is 0 Å². The number of hydrogen-bond donors (Lipinski definition) is 3. The molecule has 0 aromatic heterocycles. The Bertz CT molecular complexity index is 539. The van der Waals surface area contributed by atoms with Crippen LogP contribution in [0.15, 0.2) is 24.3 Å². The molecule has 106 valence electrons. The summed E-state index contributed by atoms with van der Waals surface area (Å²) in [4.78, 5) is 23.3. The quantitative estimate of drug-likeness (QED) is 0.769. The van der Waals surface area contributed by atoms with E-state index in [0.29, 0.717) is 23.1 Å². The van der Waals surface area contributed by atoms with Gasteiger partial charge in [-0.1, -0.05) is 0 Å². The third-order valence-corrected chi connectivity index (χ3v) is 4.72. The monoisotopic (exact) mass is 273 g/mol. The molecule has 20 heavy (non-hydrogen) atoms. The zero-order valence-corrected chi connectivity index (χ0v) is 11.2. The second-order valence-electron chi connectivity index (χ2n) is 5.87. The van der Waals surface area contributed by atoms with Gasteiger partial charge in [-0.3, -0.25) is 9.59 Å². The average Bonchev–Trinajstić information content (AvgIpc) is 2.99. The van der Waals surface area contributed by atoms with Gasteiger partial charge in [-0.15, -0.1) is 0 Å². The van der Waals surface area contributed by atoms with E-state index in [2.05, 4.69) is 5.32 Å². The van der Waals surface area contributed by atoms with Gasteiger partial charge in [0.1, 0.15) is 0 Å². The lowest BCUT2D eigenvalue weighted by atomic mass is 9.84. The van der Waals surface area contributed by atoms with Gasteiger partial charge in [0, 0.05) is 17.3 Å². The molecular formula is C15H19N3O2. The number of rotatable bonds is 3. The highest BCUT2D eigenvalue weighted by Gasteiger charge is 2.49. The summed E-state index contributed by atoms with van der Waals surface area (Å²) in [5.74, 6) is 0.381. The first-order chi connectivity index (χ1) is 9.56. The molecule has 2 fully saturated rings. The van der Waals surface area contributed by atoms with Crippen molar-refractivity contribution in [3.05, 3.63) is 29.8 Å². The highest BCUT2D eigenvalue weighted by atomic mass is 16.2. The molecule has 3 rings (SSSR count). The molecular weight excluding hydrogens is 254 g/mol. The molecule has 2 saturated carbocycles. The summed E-state index contributed by atoms with van der Waals surface area (Å²) in [7, 11) is 0. The van der Waals surface area contributed by atoms with E-state index in [-0.39, 0.29) is 17.9 Å². The Labute approximate surface area is 117 Å². The fraction of sp³-hybridized carbons (Fsp3) is 0.467. The van der Waals surface area contributed by atoms with Crippen LogP contribution in [0.4, 0.5) is 5.69 Å². The van der Waals surface area contributed by atoms with Gasteiger partial charge in [-0.05, 0) is 55.4 Å². The van der Waals surface area contributed by atoms with Crippen LogP contribution >= 0.6 is 0 Å². The van der Waals surface area contributed by atoms with Gasteiger partial charge in [0.25, 0.3) is 0 Å². The Kier molecular flexibility index (Phi) is 3.22. The maximum Gasteiger partial charge on any atom is 0.248 e. The van der Waals surface area contributed by atoms with Crippen molar-refractivity contribution in [3.63, 3.8) is 0 Å². The van der Waals surface area contributed by atoms with E-state index in [4.69, 9.17) is 11.5 Å². The van der Waals surface area contributed by atoms with Crippen molar-refractivity contribution in [3.8, 4) is 0 Å². The Morgan fingerprint density at radius 1 is 1.10 bits per heavy atom. The molecule has 4 unspecified atom stereocenters. The molecule has 2 aliphatic rings. The number of fused-ring (bicyclic) bond motifs is 2. The summed E-state index contributed by atoms with van der Waals surface area (Å²) >= 11 is 0. The van der Waals surface area contributed by atoms with E-state index < -0.39 is 5.91 Å². The second kappa shape index (κ2) is 4.90. The number of hydrogen-bond acceptors (Lipinski definition) is 3. The van der Waals surface area contributed by atoms with Gasteiger partial charge in [-0.25, -0.2) is 0 Å². The molecule has 0 radical (unpaired) electrons. The maximum absolute atomic E-state index is 12.4. The lowest BCUT2D eigenvalue weighted by molar-refractivity contribution is -0.121. The minimum absolute atomic E-state index is 0.00322. The van der Waals surface area contributed by atoms with Crippen molar-refractivity contribution in [2.24, 2.45) is 29.2 Å². The van der Waals surface area contributed by atoms with Crippen molar-refractivity contribution >= 4 is 17.5 Å². The van der Waals surface area contributed by atoms with E-state index in [1.165, 1.54) is 0 Å². The summed E-state index contributed by atoms with van der Waals surface area (Å²) in [6, 6.07) is 6.59. The number of nitrogens with one attached hydrogen (secondary N) is 1. The molecule has 2 aliphatic carbocycles. The standard InChI is InChI=1S/C15H19N3O2/c16-13-10-2-1-9(7-10)12(13)15(20)18-11-5-3-8(4-6-11)14(17)19/h3-6,9-10,12-13H,1-2,7,16H2,(H2,17,19)(H,18,20). The number of anilines is 1. The predicted molar refractivity (Wildman–Crippen MR) is 75.9 cm³/mol. The third-order valence-electron chi connectivity index (χ3n) is 4.72. The van der Waals surface area contributed by atoms with Crippen LogP contribution < -0.4 is 16.8 Å². The summed E-state index contributed by atoms with van der Waals surface area (Å²) in [5.41, 5.74) is 12.4. The number of carbonyl (C=O) groups is 2. The van der Waals surface area contributed by atoms with E-state index in [1.54, 1.807) is 24.3 Å². The fourth-order valence-electron chi connectivity index (χ4n) is 3.67. The fourth-order valence-corrected chi connectivity index (χ4v) is 3.67. The molecule has 1 aromatic carbocycles. The Balaban J connectivity index is 1.68. The predicted octanol–water partition coefficient (Wildman–Crippen LogP) is 1.10. The van der Waals surface area contributed by atoms with E-state index >= 15 is 0 Å². The lowest BCUT2D eigenvalue weighted by Gasteiger charge is -2.27. The largest absolute Gasteiger partial charge is 0.366 e. The first-order valence-electron chi connectivity index (χ1n) is 7.02. The molecule has 0 saturated heterocycles. The van der Waals surface area contributed by atoms with Gasteiger partial charge >= 0.3 is 0 Å². The van der Waals surface area contributed by atoms with Crippen LogP contribution in [0.25, 0.3) is 0 Å². The van der Waals surface area contributed by atoms with Crippen LogP contribution in [-0.4, -0.2) is 17.9 Å². The highest BCUT2D eigenvalue weighted by molar-refractivity contribution is 5.96. The first-order valence-corrected chi connectivity index (χ1v) is 7.02. The van der Waals surface area contributed by atoms with Crippen molar-refractivity contribution in [2.45, 2.75) is 25.3 Å². The number of primary amides is 1. The van der Waals surface area contributed by atoms with Crippen LogP contribution in [0.5, 0.6) is 0 Å². The Morgan fingerprint density at radius 2 is 1.75 bits per heavy atom. The molecule has 2 amide bonds. The molecule has 4 atom stereocenters. The normalized spacial score (nSPS) is 31.2. The van der Waals surface area contributed by atoms with Crippen LogP contribution in [0.1, 0.15) is 29.6 Å². The minimum Gasteiger partial charge on any atom is -0.366 e. The molecule has 0 heterocycles. The highest BCUT2D eigenvalue weighted by Crippen LogP contribution is 2.47. The zero-order chi connectivity index (χ0) is 14.3. The van der Waals surface area contributed by atoms with Gasteiger partial charge in [-0.2, -0.15) is 0 Å². The maximum atomic E-state index is 12.4. The average molecular weight is 273 g/mol. The zero-order valence-electron chi connectivity index (χ0n) is 11.2. The Hall–Kier alpha value is -1.88. The summed E-state index contributed by atoms with van der Waals surface area (Å²) in [6.07, 6.45) is 3.35. The van der Waals surface area contributed by atoms with Crippen LogP contribution in [-0.2, 0) is 4.79 Å². The smallest absolute Gasteiger partial charge is 0.248 e. The molecule has 5 heteroatoms. The lowest BCUT2D eigenvalue weighted by Crippen LogP contribution is -2.42. The topological polar surface area (TPSA) is 98.2 Å². The number of nitrogens with two attached hydrogens (primary N) is 2. The van der Waals surface area contributed by atoms with Gasteiger partial charge < -0.3 is 16.8 Å². The van der Waals surface area contributed by atoms with Crippen LogP contribution in [0, 0.1) is 17.8 Å². The number of amides is 2. The van der Waals surface area contributed by atoms with Gasteiger partial charge in [0.15, 0.2) is 0 Å². The number of carbonyl (C=O) groups excluding carboxylic acids is 2. The molecule has 5 nitrogen and oxygen atoms in total. The minimum atomic E-state index is -0.474. The molecule has 1 aromatic rings. The van der Waals surface area contributed by atoms with E-state index in [1.807, 2.05) is 0 Å². The second-order valence-corrected chi connectivity index (χ2v) is 5.87.